The Morgan fingerprint density at radius 1 is 1.00 bits per heavy atom. The van der Waals surface area contributed by atoms with Crippen LogP contribution in [-0.4, -0.2) is 35.6 Å². The maximum Gasteiger partial charge on any atom is 0.320 e. The molecule has 0 radical (unpaired) electrons. The number of benzene rings is 2. The number of piperidine rings is 1. The number of carboxylic acid groups (broad SMARTS) is 1. The molecule has 23 heavy (non-hydrogen) atoms. The highest BCUT2D eigenvalue weighted by Crippen LogP contribution is 2.41. The summed E-state index contributed by atoms with van der Waals surface area (Å²) in [6.45, 7) is 0.944. The first-order valence-corrected chi connectivity index (χ1v) is 8.22. The van der Waals surface area contributed by atoms with Gasteiger partial charge in [0.05, 0.1) is 0 Å². The summed E-state index contributed by atoms with van der Waals surface area (Å²) in [6, 6.07) is 19.3. The first-order chi connectivity index (χ1) is 11.2. The van der Waals surface area contributed by atoms with Crippen LogP contribution in [0.15, 0.2) is 60.7 Å². The molecule has 0 amide bonds. The van der Waals surface area contributed by atoms with E-state index in [1.54, 1.807) is 0 Å². The number of nitrogens with zero attached hydrogens (tertiary/aromatic N) is 1. The van der Waals surface area contributed by atoms with Crippen LogP contribution in [0.2, 0.25) is 0 Å². The number of rotatable bonds is 4. The Morgan fingerprint density at radius 3 is 1.96 bits per heavy atom. The molecule has 1 heterocycles. The van der Waals surface area contributed by atoms with Gasteiger partial charge >= 0.3 is 5.97 Å². The fourth-order valence-corrected chi connectivity index (χ4v) is 3.97. The van der Waals surface area contributed by atoms with Crippen molar-refractivity contribution in [3.63, 3.8) is 0 Å². The maximum absolute atomic E-state index is 12.6. The van der Waals surface area contributed by atoms with E-state index in [1.807, 2.05) is 67.7 Å². The summed E-state index contributed by atoms with van der Waals surface area (Å²) in [7, 11) is 2.05. The predicted octanol–water partition coefficient (Wildman–Crippen LogP) is 3.54. The molecule has 1 aliphatic heterocycles. The summed E-state index contributed by atoms with van der Waals surface area (Å²) in [5, 5.41) is 10.4. The summed E-state index contributed by atoms with van der Waals surface area (Å²) < 4.78 is 0. The summed E-state index contributed by atoms with van der Waals surface area (Å²) in [4.78, 5) is 14.9. The van der Waals surface area contributed by atoms with Gasteiger partial charge in [0, 0.05) is 6.04 Å². The highest BCUT2D eigenvalue weighted by molar-refractivity contribution is 5.87. The minimum atomic E-state index is -1.03. The van der Waals surface area contributed by atoms with Crippen molar-refractivity contribution in [1.29, 1.82) is 0 Å². The molecule has 3 heteroatoms. The SMILES string of the molecule is CN1CCCCC1C(C(=O)O)(c1ccccc1)c1ccccc1. The van der Waals surface area contributed by atoms with Crippen LogP contribution in [-0.2, 0) is 10.2 Å². The number of carboxylic acids is 1. The van der Waals surface area contributed by atoms with Crippen LogP contribution < -0.4 is 0 Å². The highest BCUT2D eigenvalue weighted by Gasteiger charge is 2.50. The highest BCUT2D eigenvalue weighted by atomic mass is 16.4. The maximum atomic E-state index is 12.6. The average molecular weight is 309 g/mol. The second-order valence-electron chi connectivity index (χ2n) is 6.34. The monoisotopic (exact) mass is 309 g/mol. The van der Waals surface area contributed by atoms with E-state index in [-0.39, 0.29) is 6.04 Å². The molecule has 0 bridgehead atoms. The molecule has 2 aromatic rings. The molecule has 1 fully saturated rings. The normalized spacial score (nSPS) is 19.4. The van der Waals surface area contributed by atoms with Gasteiger partial charge in [0.2, 0.25) is 0 Å². The molecule has 0 aromatic heterocycles. The van der Waals surface area contributed by atoms with Gasteiger partial charge in [0.25, 0.3) is 0 Å². The van der Waals surface area contributed by atoms with Crippen molar-refractivity contribution >= 4 is 5.97 Å². The van der Waals surface area contributed by atoms with Gasteiger partial charge in [-0.25, -0.2) is 0 Å². The Morgan fingerprint density at radius 2 is 1.52 bits per heavy atom. The molecule has 1 N–H and O–H groups in total. The van der Waals surface area contributed by atoms with E-state index < -0.39 is 11.4 Å². The van der Waals surface area contributed by atoms with Crippen molar-refractivity contribution in [2.24, 2.45) is 0 Å². The molecule has 1 unspecified atom stereocenters. The zero-order chi connectivity index (χ0) is 16.3. The number of likely N-dealkylation sites (tertiary alicyclic amines) is 1. The molecule has 0 saturated carbocycles. The Kier molecular flexibility index (Phi) is 4.49. The molecule has 3 nitrogen and oxygen atoms in total. The lowest BCUT2D eigenvalue weighted by Crippen LogP contribution is -2.56. The van der Waals surface area contributed by atoms with E-state index in [0.717, 1.165) is 36.9 Å². The lowest BCUT2D eigenvalue weighted by atomic mass is 9.66. The van der Waals surface area contributed by atoms with Crippen molar-refractivity contribution in [2.75, 3.05) is 13.6 Å². The summed E-state index contributed by atoms with van der Waals surface area (Å²) in [5.74, 6) is -0.770. The van der Waals surface area contributed by atoms with Gasteiger partial charge in [-0.1, -0.05) is 67.1 Å². The third kappa shape index (κ3) is 2.66. The molecular formula is C20H23NO2. The summed E-state index contributed by atoms with van der Waals surface area (Å²) >= 11 is 0. The lowest BCUT2D eigenvalue weighted by molar-refractivity contribution is -0.145. The molecule has 0 aliphatic carbocycles. The first-order valence-electron chi connectivity index (χ1n) is 8.22. The Balaban J connectivity index is 2.25. The van der Waals surface area contributed by atoms with E-state index in [0.29, 0.717) is 0 Å². The number of aliphatic carboxylic acids is 1. The molecule has 0 spiro atoms. The van der Waals surface area contributed by atoms with Crippen LogP contribution in [0.25, 0.3) is 0 Å². The van der Waals surface area contributed by atoms with Crippen molar-refractivity contribution in [3.05, 3.63) is 71.8 Å². The van der Waals surface area contributed by atoms with Crippen molar-refractivity contribution in [1.82, 2.24) is 4.90 Å². The largest absolute Gasteiger partial charge is 0.480 e. The van der Waals surface area contributed by atoms with Crippen LogP contribution in [0.4, 0.5) is 0 Å². The second kappa shape index (κ2) is 6.55. The number of likely N-dealkylation sites (N-methyl/N-ethyl adjacent to an activating group) is 1. The summed E-state index contributed by atoms with van der Waals surface area (Å²) in [5.41, 5.74) is 0.687. The van der Waals surface area contributed by atoms with E-state index in [1.165, 1.54) is 0 Å². The van der Waals surface area contributed by atoms with Gasteiger partial charge in [-0.3, -0.25) is 4.79 Å². The van der Waals surface area contributed by atoms with Crippen molar-refractivity contribution in [3.8, 4) is 0 Å². The topological polar surface area (TPSA) is 40.5 Å². The predicted molar refractivity (Wildman–Crippen MR) is 91.6 cm³/mol. The standard InChI is InChI=1S/C20H23NO2/c1-21-15-9-8-14-18(21)20(19(22)23,16-10-4-2-5-11-16)17-12-6-3-7-13-17/h2-7,10-13,18H,8-9,14-15H2,1H3,(H,22,23). The second-order valence-corrected chi connectivity index (χ2v) is 6.34. The molecule has 1 atom stereocenters. The fourth-order valence-electron chi connectivity index (χ4n) is 3.97. The van der Waals surface area contributed by atoms with Gasteiger partial charge < -0.3 is 10.0 Å². The molecule has 1 saturated heterocycles. The quantitative estimate of drug-likeness (QED) is 0.939. The lowest BCUT2D eigenvalue weighted by Gasteiger charge is -2.45. The molecule has 3 rings (SSSR count). The Hall–Kier alpha value is -2.13. The number of hydrogen-bond donors (Lipinski definition) is 1. The van der Waals surface area contributed by atoms with Gasteiger partial charge in [-0.05, 0) is 37.6 Å². The third-order valence-corrected chi connectivity index (χ3v) is 5.07. The van der Waals surface area contributed by atoms with Gasteiger partial charge in [-0.2, -0.15) is 0 Å². The minimum absolute atomic E-state index is 0.0430. The zero-order valence-electron chi connectivity index (χ0n) is 13.5. The number of carbonyl (C=O) groups is 1. The van der Waals surface area contributed by atoms with Crippen molar-refractivity contribution in [2.45, 2.75) is 30.7 Å². The Bertz CT molecular complexity index is 614. The van der Waals surface area contributed by atoms with E-state index >= 15 is 0 Å². The summed E-state index contributed by atoms with van der Waals surface area (Å²) in [6.07, 6.45) is 3.10. The van der Waals surface area contributed by atoms with E-state index in [9.17, 15) is 9.90 Å². The molecule has 2 aromatic carbocycles. The molecular weight excluding hydrogens is 286 g/mol. The molecule has 1 aliphatic rings. The van der Waals surface area contributed by atoms with Gasteiger partial charge in [0.1, 0.15) is 5.41 Å². The van der Waals surface area contributed by atoms with Crippen LogP contribution in [0.3, 0.4) is 0 Å². The van der Waals surface area contributed by atoms with Gasteiger partial charge in [0.15, 0.2) is 0 Å². The van der Waals surface area contributed by atoms with Gasteiger partial charge in [-0.15, -0.1) is 0 Å². The zero-order valence-corrected chi connectivity index (χ0v) is 13.5. The third-order valence-electron chi connectivity index (χ3n) is 5.07. The molecule has 120 valence electrons. The van der Waals surface area contributed by atoms with Crippen LogP contribution in [0.5, 0.6) is 0 Å². The van der Waals surface area contributed by atoms with Crippen LogP contribution >= 0.6 is 0 Å². The van der Waals surface area contributed by atoms with Crippen LogP contribution in [0, 0.1) is 0 Å². The van der Waals surface area contributed by atoms with Crippen LogP contribution in [0.1, 0.15) is 30.4 Å². The average Bonchev–Trinajstić information content (AvgIpc) is 2.59. The van der Waals surface area contributed by atoms with Crippen molar-refractivity contribution < 1.29 is 9.90 Å². The first kappa shape index (κ1) is 15.8. The minimum Gasteiger partial charge on any atom is -0.480 e. The fraction of sp³-hybridized carbons (Fsp3) is 0.350. The van der Waals surface area contributed by atoms with E-state index in [4.69, 9.17) is 0 Å². The van der Waals surface area contributed by atoms with E-state index in [2.05, 4.69) is 4.90 Å². The Labute approximate surface area is 137 Å². The number of hydrogen-bond acceptors (Lipinski definition) is 2. The smallest absolute Gasteiger partial charge is 0.320 e.